The van der Waals surface area contributed by atoms with Crippen molar-refractivity contribution in [3.8, 4) is 5.75 Å². The molecule has 2 fully saturated rings. The molecule has 9 heteroatoms. The predicted octanol–water partition coefficient (Wildman–Crippen LogP) is 1.14. The molecule has 8 nitrogen and oxygen atoms in total. The van der Waals surface area contributed by atoms with E-state index in [9.17, 15) is 13.2 Å². The molecule has 0 aromatic heterocycles. The van der Waals surface area contributed by atoms with E-state index in [1.165, 1.54) is 23.9 Å². The first-order valence-corrected chi connectivity index (χ1v) is 10.7. The Morgan fingerprint density at radius 3 is 2.52 bits per heavy atom. The van der Waals surface area contributed by atoms with Gasteiger partial charge in [-0.15, -0.1) is 0 Å². The van der Waals surface area contributed by atoms with Gasteiger partial charge in [0.15, 0.2) is 0 Å². The standard InChI is InChI=1S/C18H27N3O5S/c1-25-16-6-5-15(19-18(22)14-20-7-3-2-4-8-20)13-17(16)27(23,24)21-9-11-26-12-10-21/h5-6,13H,2-4,7-12,14H2,1H3,(H,19,22). The van der Waals surface area contributed by atoms with Crippen LogP contribution in [0.1, 0.15) is 19.3 Å². The van der Waals surface area contributed by atoms with Crippen LogP contribution in [0.4, 0.5) is 5.69 Å². The highest BCUT2D eigenvalue weighted by Crippen LogP contribution is 2.30. The minimum atomic E-state index is -3.72. The first kappa shape index (κ1) is 20.1. The summed E-state index contributed by atoms with van der Waals surface area (Å²) in [5, 5.41) is 2.81. The predicted molar refractivity (Wildman–Crippen MR) is 101 cm³/mol. The smallest absolute Gasteiger partial charge is 0.246 e. The third-order valence-corrected chi connectivity index (χ3v) is 6.77. The zero-order valence-corrected chi connectivity index (χ0v) is 16.5. The minimum Gasteiger partial charge on any atom is -0.495 e. The summed E-state index contributed by atoms with van der Waals surface area (Å²) in [4.78, 5) is 14.5. The van der Waals surface area contributed by atoms with Crippen molar-refractivity contribution in [3.63, 3.8) is 0 Å². The number of amides is 1. The lowest BCUT2D eigenvalue weighted by molar-refractivity contribution is -0.117. The maximum atomic E-state index is 13.0. The van der Waals surface area contributed by atoms with Crippen LogP contribution >= 0.6 is 0 Å². The normalized spacial score (nSPS) is 19.6. The highest BCUT2D eigenvalue weighted by molar-refractivity contribution is 7.89. The first-order valence-electron chi connectivity index (χ1n) is 9.29. The lowest BCUT2D eigenvalue weighted by atomic mass is 10.1. The minimum absolute atomic E-state index is 0.0580. The van der Waals surface area contributed by atoms with E-state index in [2.05, 4.69) is 10.2 Å². The second-order valence-electron chi connectivity index (χ2n) is 6.77. The molecule has 1 aromatic rings. The van der Waals surface area contributed by atoms with Crippen molar-refractivity contribution in [2.24, 2.45) is 0 Å². The van der Waals surface area contributed by atoms with Crippen molar-refractivity contribution in [2.45, 2.75) is 24.2 Å². The molecule has 150 valence electrons. The fraction of sp³-hybridized carbons (Fsp3) is 0.611. The summed E-state index contributed by atoms with van der Waals surface area (Å²) in [5.41, 5.74) is 0.449. The van der Waals surface area contributed by atoms with Crippen LogP contribution in [0.3, 0.4) is 0 Å². The SMILES string of the molecule is COc1ccc(NC(=O)CN2CCCCC2)cc1S(=O)(=O)N1CCOCC1. The van der Waals surface area contributed by atoms with E-state index in [1.807, 2.05) is 0 Å². The van der Waals surface area contributed by atoms with Crippen molar-refractivity contribution in [1.29, 1.82) is 0 Å². The lowest BCUT2D eigenvalue weighted by Crippen LogP contribution is -2.40. The number of carbonyl (C=O) groups is 1. The van der Waals surface area contributed by atoms with Crippen molar-refractivity contribution >= 4 is 21.6 Å². The average molecular weight is 397 g/mol. The fourth-order valence-corrected chi connectivity index (χ4v) is 4.99. The van der Waals surface area contributed by atoms with Crippen molar-refractivity contribution in [2.75, 3.05) is 58.4 Å². The van der Waals surface area contributed by atoms with Crippen LogP contribution in [0.15, 0.2) is 23.1 Å². The van der Waals surface area contributed by atoms with E-state index < -0.39 is 10.0 Å². The third-order valence-electron chi connectivity index (χ3n) is 4.85. The summed E-state index contributed by atoms with van der Waals surface area (Å²) in [5.74, 6) is 0.118. The lowest BCUT2D eigenvalue weighted by Gasteiger charge is -2.27. The van der Waals surface area contributed by atoms with Crippen molar-refractivity contribution in [3.05, 3.63) is 18.2 Å². The number of hydrogen-bond acceptors (Lipinski definition) is 6. The Hall–Kier alpha value is -1.68. The maximum Gasteiger partial charge on any atom is 0.246 e. The number of nitrogens with zero attached hydrogens (tertiary/aromatic N) is 2. The molecule has 0 radical (unpaired) electrons. The molecule has 0 aliphatic carbocycles. The number of rotatable bonds is 6. The van der Waals surface area contributed by atoms with Gasteiger partial charge in [-0.2, -0.15) is 4.31 Å². The van der Waals surface area contributed by atoms with Crippen LogP contribution in [-0.4, -0.2) is 76.6 Å². The molecule has 2 aliphatic heterocycles. The molecule has 1 aromatic carbocycles. The van der Waals surface area contributed by atoms with Crippen molar-refractivity contribution < 1.29 is 22.7 Å². The van der Waals surface area contributed by atoms with Gasteiger partial charge in [0.05, 0.1) is 26.9 Å². The zero-order chi connectivity index (χ0) is 19.3. The van der Waals surface area contributed by atoms with Crippen LogP contribution in [0.2, 0.25) is 0 Å². The van der Waals surface area contributed by atoms with Gasteiger partial charge in [-0.3, -0.25) is 9.69 Å². The maximum absolute atomic E-state index is 13.0. The molecule has 2 heterocycles. The van der Waals surface area contributed by atoms with E-state index in [4.69, 9.17) is 9.47 Å². The number of nitrogens with one attached hydrogen (secondary N) is 1. The molecule has 1 N–H and O–H groups in total. The van der Waals surface area contributed by atoms with Gasteiger partial charge in [0.25, 0.3) is 0 Å². The molecule has 0 spiro atoms. The van der Waals surface area contributed by atoms with Gasteiger partial charge >= 0.3 is 0 Å². The Morgan fingerprint density at radius 1 is 1.15 bits per heavy atom. The second-order valence-corrected chi connectivity index (χ2v) is 8.67. The van der Waals surface area contributed by atoms with Crippen LogP contribution in [-0.2, 0) is 19.6 Å². The molecule has 0 saturated carbocycles. The van der Waals surface area contributed by atoms with Gasteiger partial charge in [-0.25, -0.2) is 8.42 Å². The second kappa shape index (κ2) is 9.01. The number of ether oxygens (including phenoxy) is 2. The van der Waals surface area contributed by atoms with Gasteiger partial charge in [0.2, 0.25) is 15.9 Å². The molecule has 0 bridgehead atoms. The molecule has 27 heavy (non-hydrogen) atoms. The number of piperidine rings is 1. The summed E-state index contributed by atoms with van der Waals surface area (Å²) in [7, 11) is -2.29. The highest BCUT2D eigenvalue weighted by atomic mass is 32.2. The third kappa shape index (κ3) is 4.98. The molecule has 2 aliphatic rings. The number of anilines is 1. The van der Waals surface area contributed by atoms with Gasteiger partial charge in [-0.05, 0) is 44.1 Å². The van der Waals surface area contributed by atoms with Gasteiger partial charge in [-0.1, -0.05) is 6.42 Å². The summed E-state index contributed by atoms with van der Waals surface area (Å²) in [6, 6.07) is 4.70. The Balaban J connectivity index is 1.75. The summed E-state index contributed by atoms with van der Waals surface area (Å²) >= 11 is 0. The molecular weight excluding hydrogens is 370 g/mol. The molecule has 0 unspecified atom stereocenters. The summed E-state index contributed by atoms with van der Waals surface area (Å²) in [6.07, 6.45) is 3.43. The molecule has 3 rings (SSSR count). The summed E-state index contributed by atoms with van der Waals surface area (Å²) in [6.45, 7) is 3.51. The van der Waals surface area contributed by atoms with E-state index in [-0.39, 0.29) is 16.6 Å². The van der Waals surface area contributed by atoms with Gasteiger partial charge in [0.1, 0.15) is 10.6 Å². The Morgan fingerprint density at radius 2 is 1.85 bits per heavy atom. The topological polar surface area (TPSA) is 88.2 Å². The number of sulfonamides is 1. The molecule has 2 saturated heterocycles. The van der Waals surface area contributed by atoms with Crippen LogP contribution < -0.4 is 10.1 Å². The van der Waals surface area contributed by atoms with E-state index in [0.717, 1.165) is 25.9 Å². The number of benzene rings is 1. The van der Waals surface area contributed by atoms with Crippen LogP contribution in [0, 0.1) is 0 Å². The number of likely N-dealkylation sites (tertiary alicyclic amines) is 1. The van der Waals surface area contributed by atoms with E-state index in [0.29, 0.717) is 38.5 Å². The number of methoxy groups -OCH3 is 1. The number of hydrogen-bond donors (Lipinski definition) is 1. The molecule has 0 atom stereocenters. The van der Waals surface area contributed by atoms with Gasteiger partial charge in [0, 0.05) is 18.8 Å². The zero-order valence-electron chi connectivity index (χ0n) is 15.6. The van der Waals surface area contributed by atoms with Gasteiger partial charge < -0.3 is 14.8 Å². The molecule has 1 amide bonds. The first-order chi connectivity index (χ1) is 13.0. The number of carbonyl (C=O) groups excluding carboxylic acids is 1. The Bertz CT molecular complexity index is 756. The number of morpholine rings is 1. The van der Waals surface area contributed by atoms with E-state index in [1.54, 1.807) is 12.1 Å². The largest absolute Gasteiger partial charge is 0.495 e. The van der Waals surface area contributed by atoms with Crippen LogP contribution in [0.25, 0.3) is 0 Å². The molecular formula is C18H27N3O5S. The van der Waals surface area contributed by atoms with E-state index >= 15 is 0 Å². The fourth-order valence-electron chi connectivity index (χ4n) is 3.40. The van der Waals surface area contributed by atoms with Crippen molar-refractivity contribution in [1.82, 2.24) is 9.21 Å². The Kier molecular flexibility index (Phi) is 6.69. The van der Waals surface area contributed by atoms with Crippen LogP contribution in [0.5, 0.6) is 5.75 Å². The quantitative estimate of drug-likeness (QED) is 0.775. The summed E-state index contributed by atoms with van der Waals surface area (Å²) < 4.78 is 37.8. The monoisotopic (exact) mass is 397 g/mol. The average Bonchev–Trinajstić information content (AvgIpc) is 2.69. The Labute approximate surface area is 160 Å². The highest BCUT2D eigenvalue weighted by Gasteiger charge is 2.29.